The molecular formula is C30H31ClFN3O6. The second-order valence-corrected chi connectivity index (χ2v) is 12.4. The second-order valence-electron chi connectivity index (χ2n) is 12.0. The Morgan fingerprint density at radius 3 is 2.73 bits per heavy atom. The van der Waals surface area contributed by atoms with Crippen molar-refractivity contribution >= 4 is 34.4 Å². The Labute approximate surface area is 240 Å². The van der Waals surface area contributed by atoms with Gasteiger partial charge in [-0.1, -0.05) is 18.5 Å². The van der Waals surface area contributed by atoms with Gasteiger partial charge < -0.3 is 24.5 Å². The van der Waals surface area contributed by atoms with E-state index in [-0.39, 0.29) is 41.6 Å². The number of carbonyl (C=O) groups is 2. The third-order valence-electron chi connectivity index (χ3n) is 8.26. The molecule has 3 atom stereocenters. The van der Waals surface area contributed by atoms with Crippen molar-refractivity contribution in [3.8, 4) is 11.4 Å². The summed E-state index contributed by atoms with van der Waals surface area (Å²) in [6.07, 6.45) is 0.162. The molecule has 0 fully saturated rings. The molecule has 2 aromatic heterocycles. The van der Waals surface area contributed by atoms with Crippen LogP contribution in [0.15, 0.2) is 16.9 Å². The molecule has 2 N–H and O–H groups in total. The number of nitrogens with one attached hydrogen (secondary N) is 1. The Hall–Kier alpha value is -3.34. The third-order valence-corrected chi connectivity index (χ3v) is 8.67. The number of pyridine rings is 2. The van der Waals surface area contributed by atoms with Crippen molar-refractivity contribution < 1.29 is 28.6 Å². The van der Waals surface area contributed by atoms with Gasteiger partial charge >= 0.3 is 5.97 Å². The lowest BCUT2D eigenvalue weighted by atomic mass is 9.83. The fourth-order valence-electron chi connectivity index (χ4n) is 6.37. The molecule has 1 aromatic carbocycles. The van der Waals surface area contributed by atoms with Crippen LogP contribution in [0, 0.1) is 5.82 Å². The molecule has 0 spiro atoms. The average Bonchev–Trinajstić information content (AvgIpc) is 3.28. The van der Waals surface area contributed by atoms with Crippen LogP contribution >= 0.6 is 11.6 Å². The van der Waals surface area contributed by atoms with Crippen LogP contribution in [0.5, 0.6) is 0 Å². The smallest absolute Gasteiger partial charge is 0.343 e. The number of ether oxygens (including phenoxy) is 2. The first-order chi connectivity index (χ1) is 19.2. The molecule has 0 saturated carbocycles. The van der Waals surface area contributed by atoms with E-state index >= 15 is 0 Å². The van der Waals surface area contributed by atoms with Gasteiger partial charge in [-0.25, -0.2) is 14.2 Å². The zero-order valence-electron chi connectivity index (χ0n) is 23.5. The maximum atomic E-state index is 15.0. The van der Waals surface area contributed by atoms with Crippen molar-refractivity contribution in [2.24, 2.45) is 0 Å². The SMILES string of the molecule is CC[C@@]1(O)C(=O)OCc2c1cc1n(c2=O)Cc2c-1nc1cc(F)c(Cl)c3c1c2[C@@H](NC(=O)[C@H](C)OC(C)(C)C)CC3. The standard InChI is InChI=1S/C30H31ClFN3O6/c1-6-30(39)17-9-21-25-15(11-35(21)27(37)16(17)12-40-28(30)38)23-19(34-26(36)13(2)41-29(3,4)5)8-7-14-22(23)20(33-25)10-18(32)24(14)31/h9-10,13,19,39H,6-8,11-12H2,1-5H3,(H,34,36)/t13-,19-,30-/m0/s1. The number of aromatic nitrogens is 2. The number of aryl methyl sites for hydroxylation is 1. The van der Waals surface area contributed by atoms with Gasteiger partial charge in [-0.2, -0.15) is 0 Å². The van der Waals surface area contributed by atoms with Gasteiger partial charge in [-0.3, -0.25) is 9.59 Å². The van der Waals surface area contributed by atoms with Gasteiger partial charge in [0.2, 0.25) is 5.91 Å². The van der Waals surface area contributed by atoms with Gasteiger partial charge in [0.15, 0.2) is 5.60 Å². The molecule has 3 aliphatic rings. The molecule has 4 heterocycles. The Kier molecular flexibility index (Phi) is 6.33. The van der Waals surface area contributed by atoms with E-state index in [2.05, 4.69) is 5.32 Å². The first-order valence-corrected chi connectivity index (χ1v) is 14.1. The van der Waals surface area contributed by atoms with E-state index in [1.54, 1.807) is 19.9 Å². The number of amides is 1. The highest BCUT2D eigenvalue weighted by Crippen LogP contribution is 2.46. The van der Waals surface area contributed by atoms with Crippen molar-refractivity contribution in [1.82, 2.24) is 14.9 Å². The summed E-state index contributed by atoms with van der Waals surface area (Å²) in [5, 5.41) is 15.0. The lowest BCUT2D eigenvalue weighted by Crippen LogP contribution is -2.44. The van der Waals surface area contributed by atoms with Crippen molar-refractivity contribution in [3.05, 3.63) is 61.1 Å². The first kappa shape index (κ1) is 27.8. The first-order valence-electron chi connectivity index (χ1n) is 13.7. The van der Waals surface area contributed by atoms with Crippen molar-refractivity contribution in [2.75, 3.05) is 0 Å². The van der Waals surface area contributed by atoms with E-state index in [9.17, 15) is 23.9 Å². The van der Waals surface area contributed by atoms with Gasteiger partial charge in [-0.15, -0.1) is 0 Å². The van der Waals surface area contributed by atoms with Crippen molar-refractivity contribution in [2.45, 2.75) is 90.4 Å². The van der Waals surface area contributed by atoms with Crippen LogP contribution in [0.4, 0.5) is 4.39 Å². The molecule has 216 valence electrons. The van der Waals surface area contributed by atoms with Crippen LogP contribution in [0.3, 0.4) is 0 Å². The number of esters is 1. The van der Waals surface area contributed by atoms with E-state index in [4.69, 9.17) is 26.1 Å². The summed E-state index contributed by atoms with van der Waals surface area (Å²) in [5.41, 5.74) is 0.704. The molecule has 0 bridgehead atoms. The molecule has 1 aliphatic carbocycles. The van der Waals surface area contributed by atoms with Gasteiger partial charge in [0.05, 0.1) is 45.7 Å². The van der Waals surface area contributed by atoms with E-state index in [1.807, 2.05) is 20.8 Å². The van der Waals surface area contributed by atoms with Crippen LogP contribution in [-0.4, -0.2) is 38.2 Å². The van der Waals surface area contributed by atoms with Crippen molar-refractivity contribution in [1.29, 1.82) is 0 Å². The highest BCUT2D eigenvalue weighted by Gasteiger charge is 2.46. The third kappa shape index (κ3) is 4.18. The highest BCUT2D eigenvalue weighted by molar-refractivity contribution is 6.32. The van der Waals surface area contributed by atoms with Crippen LogP contribution in [0.2, 0.25) is 5.02 Å². The molecule has 0 unspecified atom stereocenters. The largest absolute Gasteiger partial charge is 0.458 e. The number of fused-ring (bicyclic) bond motifs is 5. The van der Waals surface area contributed by atoms with E-state index in [0.29, 0.717) is 46.3 Å². The minimum absolute atomic E-state index is 0.0149. The molecule has 3 aromatic rings. The van der Waals surface area contributed by atoms with Gasteiger partial charge in [0.25, 0.3) is 5.56 Å². The number of rotatable bonds is 4. The Morgan fingerprint density at radius 1 is 1.32 bits per heavy atom. The number of aliphatic hydroxyl groups is 1. The Bertz CT molecular complexity index is 1730. The van der Waals surface area contributed by atoms with E-state index in [0.717, 1.165) is 5.56 Å². The molecule has 0 radical (unpaired) electrons. The molecular weight excluding hydrogens is 553 g/mol. The topological polar surface area (TPSA) is 120 Å². The summed E-state index contributed by atoms with van der Waals surface area (Å²) in [4.78, 5) is 44.3. The van der Waals surface area contributed by atoms with Gasteiger partial charge in [0.1, 0.15) is 18.5 Å². The molecule has 0 saturated heterocycles. The highest BCUT2D eigenvalue weighted by atomic mass is 35.5. The number of hydrogen-bond acceptors (Lipinski definition) is 7. The summed E-state index contributed by atoms with van der Waals surface area (Å²) >= 11 is 6.43. The van der Waals surface area contributed by atoms with Gasteiger partial charge in [0, 0.05) is 22.6 Å². The Balaban J connectivity index is 1.56. The zero-order valence-corrected chi connectivity index (χ0v) is 24.2. The van der Waals surface area contributed by atoms with E-state index < -0.39 is 40.7 Å². The minimum Gasteiger partial charge on any atom is -0.458 e. The van der Waals surface area contributed by atoms with Crippen LogP contribution < -0.4 is 10.9 Å². The number of hydrogen-bond donors (Lipinski definition) is 2. The molecule has 41 heavy (non-hydrogen) atoms. The fraction of sp³-hybridized carbons (Fsp3) is 0.467. The van der Waals surface area contributed by atoms with Crippen LogP contribution in [-0.2, 0) is 44.2 Å². The summed E-state index contributed by atoms with van der Waals surface area (Å²) in [5.74, 6) is -1.72. The summed E-state index contributed by atoms with van der Waals surface area (Å²) in [7, 11) is 0. The molecule has 6 rings (SSSR count). The monoisotopic (exact) mass is 583 g/mol. The predicted octanol–water partition coefficient (Wildman–Crippen LogP) is 4.18. The summed E-state index contributed by atoms with van der Waals surface area (Å²) in [6.45, 7) is 8.83. The van der Waals surface area contributed by atoms with Crippen LogP contribution in [0.25, 0.3) is 22.3 Å². The van der Waals surface area contributed by atoms with E-state index in [1.165, 1.54) is 10.6 Å². The number of carbonyl (C=O) groups excluding carboxylic acids is 2. The second kappa shape index (κ2) is 9.34. The summed E-state index contributed by atoms with van der Waals surface area (Å²) < 4.78 is 27.5. The van der Waals surface area contributed by atoms with Crippen molar-refractivity contribution in [3.63, 3.8) is 0 Å². The lowest BCUT2D eigenvalue weighted by Gasteiger charge is -2.31. The normalized spacial score (nSPS) is 21.7. The molecule has 11 heteroatoms. The number of cyclic esters (lactones) is 1. The molecule has 1 amide bonds. The lowest BCUT2D eigenvalue weighted by molar-refractivity contribution is -0.172. The predicted molar refractivity (Wildman–Crippen MR) is 149 cm³/mol. The number of halogens is 2. The minimum atomic E-state index is -1.97. The maximum absolute atomic E-state index is 15.0. The molecule has 9 nitrogen and oxygen atoms in total. The zero-order chi connectivity index (χ0) is 29.6. The maximum Gasteiger partial charge on any atom is 0.343 e. The van der Waals surface area contributed by atoms with Gasteiger partial charge in [-0.05, 0) is 64.2 Å². The Morgan fingerprint density at radius 2 is 2.05 bits per heavy atom. The quantitative estimate of drug-likeness (QED) is 0.346. The number of nitrogens with zero attached hydrogens (tertiary/aromatic N) is 2. The fourth-order valence-corrected chi connectivity index (χ4v) is 6.62. The number of benzene rings is 1. The molecule has 2 aliphatic heterocycles. The van der Waals surface area contributed by atoms with Crippen LogP contribution in [0.1, 0.15) is 81.3 Å². The summed E-state index contributed by atoms with van der Waals surface area (Å²) in [6, 6.07) is 2.40. The average molecular weight is 584 g/mol.